The molecule has 0 aliphatic carbocycles. The van der Waals surface area contributed by atoms with E-state index < -0.39 is 0 Å². The maximum atomic E-state index is 12.2. The predicted octanol–water partition coefficient (Wildman–Crippen LogP) is 2.41. The molecule has 2 aromatic rings. The summed E-state index contributed by atoms with van der Waals surface area (Å²) in [6.07, 6.45) is 4.58. The Bertz CT molecular complexity index is 706. The van der Waals surface area contributed by atoms with Crippen molar-refractivity contribution in [2.75, 3.05) is 18.4 Å². The van der Waals surface area contributed by atoms with E-state index in [1.165, 1.54) is 6.26 Å². The van der Waals surface area contributed by atoms with E-state index in [1.54, 1.807) is 36.2 Å². The van der Waals surface area contributed by atoms with Crippen molar-refractivity contribution >= 4 is 17.8 Å². The number of anilines is 1. The molecule has 1 saturated heterocycles. The molecule has 1 aliphatic heterocycles. The lowest BCUT2D eigenvalue weighted by atomic mass is 10.0. The standard InChI is InChI=1S/C17H20N4O3/c1-12-14(7-11-24-12)16(22)19-13-5-9-21(10-6-13)17(23)20-15-4-2-3-8-18-15/h2-4,7-8,11,13H,5-6,9-10H2,1H3,(H,19,22)(H,18,20,23). The van der Waals surface area contributed by atoms with Gasteiger partial charge < -0.3 is 14.6 Å². The van der Waals surface area contributed by atoms with Crippen molar-refractivity contribution in [2.45, 2.75) is 25.8 Å². The number of carbonyl (C=O) groups excluding carboxylic acids is 2. The van der Waals surface area contributed by atoms with Crippen molar-refractivity contribution in [1.29, 1.82) is 0 Å². The number of hydrogen-bond donors (Lipinski definition) is 2. The fraction of sp³-hybridized carbons (Fsp3) is 0.353. The third-order valence-electron chi connectivity index (χ3n) is 4.12. The number of furan rings is 1. The van der Waals surface area contributed by atoms with Crippen LogP contribution in [0.3, 0.4) is 0 Å². The van der Waals surface area contributed by atoms with Crippen LogP contribution in [0.2, 0.25) is 0 Å². The molecule has 126 valence electrons. The molecular weight excluding hydrogens is 308 g/mol. The smallest absolute Gasteiger partial charge is 0.323 e. The zero-order valence-corrected chi connectivity index (χ0v) is 13.5. The van der Waals surface area contributed by atoms with Crippen LogP contribution in [0, 0.1) is 6.92 Å². The topological polar surface area (TPSA) is 87.5 Å². The first-order chi connectivity index (χ1) is 11.6. The van der Waals surface area contributed by atoms with Gasteiger partial charge in [-0.15, -0.1) is 0 Å². The van der Waals surface area contributed by atoms with E-state index in [-0.39, 0.29) is 18.0 Å². The van der Waals surface area contributed by atoms with Crippen LogP contribution in [0.5, 0.6) is 0 Å². The zero-order chi connectivity index (χ0) is 16.9. The first-order valence-corrected chi connectivity index (χ1v) is 7.95. The SMILES string of the molecule is Cc1occc1C(=O)NC1CCN(C(=O)Nc2ccccn2)CC1. The molecule has 2 N–H and O–H groups in total. The molecule has 7 heteroatoms. The second kappa shape index (κ2) is 7.16. The Morgan fingerprint density at radius 3 is 2.67 bits per heavy atom. The number of nitrogens with one attached hydrogen (secondary N) is 2. The molecule has 0 unspecified atom stereocenters. The summed E-state index contributed by atoms with van der Waals surface area (Å²) in [5, 5.41) is 5.77. The largest absolute Gasteiger partial charge is 0.469 e. The van der Waals surface area contributed by atoms with E-state index in [9.17, 15) is 9.59 Å². The number of amides is 3. The Morgan fingerprint density at radius 2 is 2.04 bits per heavy atom. The van der Waals surface area contributed by atoms with Crippen molar-refractivity contribution < 1.29 is 14.0 Å². The van der Waals surface area contributed by atoms with Crippen molar-refractivity contribution in [3.8, 4) is 0 Å². The molecule has 3 rings (SSSR count). The van der Waals surface area contributed by atoms with Gasteiger partial charge in [0.05, 0.1) is 11.8 Å². The third-order valence-corrected chi connectivity index (χ3v) is 4.12. The Kier molecular flexibility index (Phi) is 4.79. The Balaban J connectivity index is 1.48. The Hall–Kier alpha value is -2.83. The number of urea groups is 1. The maximum Gasteiger partial charge on any atom is 0.323 e. The molecule has 0 atom stereocenters. The van der Waals surface area contributed by atoms with Crippen molar-refractivity contribution in [2.24, 2.45) is 0 Å². The van der Waals surface area contributed by atoms with Gasteiger partial charge in [-0.25, -0.2) is 9.78 Å². The number of nitrogens with zero attached hydrogens (tertiary/aromatic N) is 2. The van der Waals surface area contributed by atoms with Crippen LogP contribution in [-0.2, 0) is 0 Å². The van der Waals surface area contributed by atoms with Crippen LogP contribution in [0.4, 0.5) is 10.6 Å². The fourth-order valence-corrected chi connectivity index (χ4v) is 2.74. The van der Waals surface area contributed by atoms with E-state index in [4.69, 9.17) is 4.42 Å². The summed E-state index contributed by atoms with van der Waals surface area (Å²) in [7, 11) is 0. The minimum atomic E-state index is -0.163. The van der Waals surface area contributed by atoms with Crippen LogP contribution in [-0.4, -0.2) is 41.0 Å². The number of aromatic nitrogens is 1. The lowest BCUT2D eigenvalue weighted by molar-refractivity contribution is 0.0917. The van der Waals surface area contributed by atoms with Gasteiger partial charge >= 0.3 is 6.03 Å². The summed E-state index contributed by atoms with van der Waals surface area (Å²) in [5.41, 5.74) is 0.560. The maximum absolute atomic E-state index is 12.2. The minimum absolute atomic E-state index is 0.0608. The highest BCUT2D eigenvalue weighted by molar-refractivity contribution is 5.95. The minimum Gasteiger partial charge on any atom is -0.469 e. The fourth-order valence-electron chi connectivity index (χ4n) is 2.74. The number of hydrogen-bond acceptors (Lipinski definition) is 4. The normalized spacial score (nSPS) is 15.1. The highest BCUT2D eigenvalue weighted by Gasteiger charge is 2.25. The molecule has 0 radical (unpaired) electrons. The summed E-state index contributed by atoms with van der Waals surface area (Å²) < 4.78 is 5.15. The van der Waals surface area contributed by atoms with E-state index in [1.807, 2.05) is 6.07 Å². The molecule has 0 saturated carbocycles. The highest BCUT2D eigenvalue weighted by atomic mass is 16.3. The van der Waals surface area contributed by atoms with Gasteiger partial charge in [0, 0.05) is 25.3 Å². The molecule has 0 spiro atoms. The quantitative estimate of drug-likeness (QED) is 0.906. The third kappa shape index (κ3) is 3.73. The Labute approximate surface area is 140 Å². The van der Waals surface area contributed by atoms with E-state index in [0.717, 1.165) is 12.8 Å². The second-order valence-corrected chi connectivity index (χ2v) is 5.77. The lowest BCUT2D eigenvalue weighted by Crippen LogP contribution is -2.47. The van der Waals surface area contributed by atoms with E-state index in [2.05, 4.69) is 15.6 Å². The molecule has 7 nitrogen and oxygen atoms in total. The predicted molar refractivity (Wildman–Crippen MR) is 88.8 cm³/mol. The van der Waals surface area contributed by atoms with Crippen molar-refractivity contribution in [1.82, 2.24) is 15.2 Å². The van der Waals surface area contributed by atoms with E-state index in [0.29, 0.717) is 30.2 Å². The molecule has 24 heavy (non-hydrogen) atoms. The summed E-state index contributed by atoms with van der Waals surface area (Å²) in [6, 6.07) is 6.93. The summed E-state index contributed by atoms with van der Waals surface area (Å²) in [6.45, 7) is 2.95. The molecule has 0 aromatic carbocycles. The number of carbonyl (C=O) groups is 2. The molecule has 3 heterocycles. The number of rotatable bonds is 3. The van der Waals surface area contributed by atoms with Gasteiger partial charge in [0.25, 0.3) is 5.91 Å². The monoisotopic (exact) mass is 328 g/mol. The van der Waals surface area contributed by atoms with Crippen molar-refractivity contribution in [3.05, 3.63) is 48.0 Å². The van der Waals surface area contributed by atoms with Crippen LogP contribution < -0.4 is 10.6 Å². The van der Waals surface area contributed by atoms with Gasteiger partial charge in [-0.3, -0.25) is 10.1 Å². The molecule has 1 fully saturated rings. The van der Waals surface area contributed by atoms with Crippen molar-refractivity contribution in [3.63, 3.8) is 0 Å². The molecule has 0 bridgehead atoms. The van der Waals surface area contributed by atoms with Gasteiger partial charge in [0.2, 0.25) is 0 Å². The summed E-state index contributed by atoms with van der Waals surface area (Å²) in [5.74, 6) is 1.02. The first kappa shape index (κ1) is 16.0. The molecular formula is C17H20N4O3. The summed E-state index contributed by atoms with van der Waals surface area (Å²) >= 11 is 0. The molecule has 2 aromatic heterocycles. The van der Waals surface area contributed by atoms with Gasteiger partial charge in [0.15, 0.2) is 0 Å². The van der Waals surface area contributed by atoms with Crippen LogP contribution in [0.1, 0.15) is 29.0 Å². The second-order valence-electron chi connectivity index (χ2n) is 5.77. The number of likely N-dealkylation sites (tertiary alicyclic amines) is 1. The lowest BCUT2D eigenvalue weighted by Gasteiger charge is -2.32. The van der Waals surface area contributed by atoms with E-state index >= 15 is 0 Å². The highest BCUT2D eigenvalue weighted by Crippen LogP contribution is 2.14. The summed E-state index contributed by atoms with van der Waals surface area (Å²) in [4.78, 5) is 30.2. The van der Waals surface area contributed by atoms with Crippen LogP contribution >= 0.6 is 0 Å². The molecule has 3 amide bonds. The molecule has 1 aliphatic rings. The van der Waals surface area contributed by atoms with Gasteiger partial charge in [0.1, 0.15) is 11.6 Å². The van der Waals surface area contributed by atoms with Gasteiger partial charge in [-0.05, 0) is 38.0 Å². The van der Waals surface area contributed by atoms with Gasteiger partial charge in [-0.2, -0.15) is 0 Å². The number of aryl methyl sites for hydroxylation is 1. The number of pyridine rings is 1. The van der Waals surface area contributed by atoms with Crippen LogP contribution in [0.15, 0.2) is 41.1 Å². The van der Waals surface area contributed by atoms with Gasteiger partial charge in [-0.1, -0.05) is 6.07 Å². The average Bonchev–Trinajstić information content (AvgIpc) is 3.02. The zero-order valence-electron chi connectivity index (χ0n) is 13.5. The first-order valence-electron chi connectivity index (χ1n) is 7.95. The van der Waals surface area contributed by atoms with Crippen LogP contribution in [0.25, 0.3) is 0 Å². The Morgan fingerprint density at radius 1 is 1.25 bits per heavy atom. The average molecular weight is 328 g/mol. The number of piperidine rings is 1.